The molecule has 2 heterocycles. The molecule has 0 saturated heterocycles. The first-order chi connectivity index (χ1) is 14.7. The van der Waals surface area contributed by atoms with Crippen LogP contribution in [0.3, 0.4) is 0 Å². The van der Waals surface area contributed by atoms with Crippen LogP contribution in [0.25, 0.3) is 16.9 Å². The van der Waals surface area contributed by atoms with Crippen LogP contribution >= 0.6 is 0 Å². The maximum Gasteiger partial charge on any atom is 0.238 e. The van der Waals surface area contributed by atoms with Crippen LogP contribution in [0.15, 0.2) is 48.9 Å². The molecule has 2 aromatic carbocycles. The van der Waals surface area contributed by atoms with E-state index in [1.54, 1.807) is 40.6 Å². The van der Waals surface area contributed by atoms with E-state index in [4.69, 9.17) is 18.9 Å². The summed E-state index contributed by atoms with van der Waals surface area (Å²) >= 11 is 0. The fraction of sp³-hybridized carbons (Fsp3) is 0.190. The van der Waals surface area contributed by atoms with E-state index in [-0.39, 0.29) is 0 Å². The van der Waals surface area contributed by atoms with Gasteiger partial charge in [0.25, 0.3) is 0 Å². The number of rotatable bonds is 7. The molecule has 1 N–H and O–H groups in total. The summed E-state index contributed by atoms with van der Waals surface area (Å²) in [6, 6.07) is 11.3. The number of anilines is 2. The van der Waals surface area contributed by atoms with Crippen molar-refractivity contribution in [3.63, 3.8) is 0 Å². The van der Waals surface area contributed by atoms with E-state index in [9.17, 15) is 0 Å². The van der Waals surface area contributed by atoms with E-state index in [2.05, 4.69) is 20.3 Å². The van der Waals surface area contributed by atoms with Crippen LogP contribution in [0.1, 0.15) is 0 Å². The van der Waals surface area contributed by atoms with Crippen molar-refractivity contribution in [2.45, 2.75) is 0 Å². The third kappa shape index (κ3) is 3.41. The van der Waals surface area contributed by atoms with Crippen molar-refractivity contribution in [3.8, 4) is 28.9 Å². The number of nitrogens with zero attached hydrogens (tertiary/aromatic N) is 4. The second-order valence-electron chi connectivity index (χ2n) is 6.23. The molecule has 0 aliphatic rings. The molecule has 0 aliphatic heterocycles. The number of nitrogens with one attached hydrogen (secondary N) is 1. The van der Waals surface area contributed by atoms with Crippen molar-refractivity contribution >= 4 is 22.5 Å². The van der Waals surface area contributed by atoms with E-state index < -0.39 is 0 Å². The third-order valence-electron chi connectivity index (χ3n) is 4.61. The smallest absolute Gasteiger partial charge is 0.238 e. The van der Waals surface area contributed by atoms with Crippen LogP contribution < -0.4 is 24.3 Å². The van der Waals surface area contributed by atoms with Crippen LogP contribution in [0, 0.1) is 0 Å². The van der Waals surface area contributed by atoms with Crippen LogP contribution in [-0.4, -0.2) is 48.0 Å². The maximum absolute atomic E-state index is 5.43. The molecule has 154 valence electrons. The van der Waals surface area contributed by atoms with Crippen molar-refractivity contribution in [1.82, 2.24) is 19.5 Å². The Bertz CT molecular complexity index is 1170. The molecule has 0 fully saturated rings. The number of benzene rings is 2. The van der Waals surface area contributed by atoms with Gasteiger partial charge in [0.05, 0.1) is 34.0 Å². The predicted octanol–water partition coefficient (Wildman–Crippen LogP) is 3.59. The van der Waals surface area contributed by atoms with Crippen molar-refractivity contribution < 1.29 is 18.9 Å². The molecular formula is C21H21N5O4. The van der Waals surface area contributed by atoms with Gasteiger partial charge in [-0.1, -0.05) is 6.07 Å². The summed E-state index contributed by atoms with van der Waals surface area (Å²) in [4.78, 5) is 13.1. The molecule has 0 radical (unpaired) electrons. The molecule has 30 heavy (non-hydrogen) atoms. The summed E-state index contributed by atoms with van der Waals surface area (Å²) < 4.78 is 23.5. The number of ether oxygens (including phenoxy) is 4. The molecule has 0 atom stereocenters. The Kier molecular flexibility index (Phi) is 5.25. The topological polar surface area (TPSA) is 92.6 Å². The zero-order valence-electron chi connectivity index (χ0n) is 17.0. The van der Waals surface area contributed by atoms with Crippen LogP contribution in [0.2, 0.25) is 0 Å². The number of methoxy groups -OCH3 is 4. The van der Waals surface area contributed by atoms with E-state index in [1.807, 2.05) is 35.0 Å². The molecule has 2 aromatic heterocycles. The maximum atomic E-state index is 5.43. The van der Waals surface area contributed by atoms with E-state index in [0.717, 1.165) is 16.7 Å². The molecule has 0 amide bonds. The standard InChI is InChI=1S/C21H21N5O4/c1-27-16-7-5-6-15-14(16)8-9-26(15)21-23-12-22-20(25-21)24-13-10-17(28-2)19(30-4)18(11-13)29-3/h5-12H,1-4H3,(H,22,23,24,25). The molecule has 4 aromatic rings. The van der Waals surface area contributed by atoms with Gasteiger partial charge in [0, 0.05) is 29.4 Å². The molecular weight excluding hydrogens is 386 g/mol. The molecule has 4 rings (SSSR count). The lowest BCUT2D eigenvalue weighted by Gasteiger charge is -2.14. The summed E-state index contributed by atoms with van der Waals surface area (Å²) in [7, 11) is 6.33. The minimum atomic E-state index is 0.374. The molecule has 0 aliphatic carbocycles. The van der Waals surface area contributed by atoms with Gasteiger partial charge in [0.15, 0.2) is 11.5 Å². The Morgan fingerprint density at radius 1 is 0.833 bits per heavy atom. The predicted molar refractivity (Wildman–Crippen MR) is 113 cm³/mol. The van der Waals surface area contributed by atoms with Crippen molar-refractivity contribution in [2.75, 3.05) is 33.8 Å². The zero-order valence-corrected chi connectivity index (χ0v) is 17.0. The number of aromatic nitrogens is 4. The lowest BCUT2D eigenvalue weighted by molar-refractivity contribution is 0.324. The lowest BCUT2D eigenvalue weighted by atomic mass is 10.2. The fourth-order valence-electron chi connectivity index (χ4n) is 3.24. The summed E-state index contributed by atoms with van der Waals surface area (Å²) in [5.74, 6) is 3.20. The largest absolute Gasteiger partial charge is 0.496 e. The van der Waals surface area contributed by atoms with Gasteiger partial charge in [-0.05, 0) is 18.2 Å². The monoisotopic (exact) mass is 407 g/mol. The van der Waals surface area contributed by atoms with E-state index >= 15 is 0 Å². The average Bonchev–Trinajstić information content (AvgIpc) is 3.23. The number of hydrogen-bond acceptors (Lipinski definition) is 8. The summed E-state index contributed by atoms with van der Waals surface area (Å²) in [6.45, 7) is 0. The molecule has 0 saturated carbocycles. The van der Waals surface area contributed by atoms with Gasteiger partial charge in [0.2, 0.25) is 17.6 Å². The van der Waals surface area contributed by atoms with Gasteiger partial charge < -0.3 is 24.3 Å². The van der Waals surface area contributed by atoms with Crippen LogP contribution in [0.5, 0.6) is 23.0 Å². The molecule has 0 unspecified atom stereocenters. The van der Waals surface area contributed by atoms with Gasteiger partial charge >= 0.3 is 0 Å². The zero-order chi connectivity index (χ0) is 21.1. The minimum Gasteiger partial charge on any atom is -0.496 e. The average molecular weight is 407 g/mol. The van der Waals surface area contributed by atoms with Crippen molar-refractivity contribution in [3.05, 3.63) is 48.9 Å². The highest BCUT2D eigenvalue weighted by molar-refractivity contribution is 5.87. The first-order valence-electron chi connectivity index (χ1n) is 9.09. The van der Waals surface area contributed by atoms with Crippen molar-refractivity contribution in [2.24, 2.45) is 0 Å². The van der Waals surface area contributed by atoms with E-state index in [1.165, 1.54) is 6.33 Å². The third-order valence-corrected chi connectivity index (χ3v) is 4.61. The van der Waals surface area contributed by atoms with Gasteiger partial charge in [-0.25, -0.2) is 9.97 Å². The molecule has 0 bridgehead atoms. The second kappa shape index (κ2) is 8.16. The fourth-order valence-corrected chi connectivity index (χ4v) is 3.24. The van der Waals surface area contributed by atoms with Crippen molar-refractivity contribution in [1.29, 1.82) is 0 Å². The summed E-state index contributed by atoms with van der Waals surface area (Å²) in [5.41, 5.74) is 1.61. The van der Waals surface area contributed by atoms with Gasteiger partial charge in [-0.2, -0.15) is 4.98 Å². The van der Waals surface area contributed by atoms with E-state index in [0.29, 0.717) is 34.8 Å². The van der Waals surface area contributed by atoms with Gasteiger partial charge in [-0.15, -0.1) is 0 Å². The van der Waals surface area contributed by atoms with Crippen LogP contribution in [-0.2, 0) is 0 Å². The summed E-state index contributed by atoms with van der Waals surface area (Å²) in [6.07, 6.45) is 3.35. The van der Waals surface area contributed by atoms with Gasteiger partial charge in [0.1, 0.15) is 12.1 Å². The molecule has 9 nitrogen and oxygen atoms in total. The first-order valence-corrected chi connectivity index (χ1v) is 9.09. The normalized spacial score (nSPS) is 10.7. The number of fused-ring (bicyclic) bond motifs is 1. The first kappa shape index (κ1) is 19.3. The molecule has 0 spiro atoms. The highest BCUT2D eigenvalue weighted by Gasteiger charge is 2.15. The Morgan fingerprint density at radius 2 is 1.57 bits per heavy atom. The quantitative estimate of drug-likeness (QED) is 0.497. The second-order valence-corrected chi connectivity index (χ2v) is 6.23. The highest BCUT2D eigenvalue weighted by atomic mass is 16.5. The summed E-state index contributed by atoms with van der Waals surface area (Å²) in [5, 5.41) is 4.13. The molecule has 9 heteroatoms. The van der Waals surface area contributed by atoms with Crippen LogP contribution in [0.4, 0.5) is 11.6 Å². The highest BCUT2D eigenvalue weighted by Crippen LogP contribution is 2.40. The minimum absolute atomic E-state index is 0.374. The Balaban J connectivity index is 1.70. The Labute approximate surface area is 173 Å². The lowest BCUT2D eigenvalue weighted by Crippen LogP contribution is -2.05. The SMILES string of the molecule is COc1cc(Nc2ncnc(-n3ccc4c(OC)cccc43)n2)cc(OC)c1OC. The Hall–Kier alpha value is -4.01. The number of hydrogen-bond donors (Lipinski definition) is 1. The Morgan fingerprint density at radius 3 is 2.23 bits per heavy atom. The van der Waals surface area contributed by atoms with Gasteiger partial charge in [-0.3, -0.25) is 4.57 Å².